The van der Waals surface area contributed by atoms with Gasteiger partial charge in [0, 0.05) is 24.3 Å². The Balaban J connectivity index is 2.25. The third-order valence-electron chi connectivity index (χ3n) is 4.10. The molecule has 8 N–H and O–H groups in total. The van der Waals surface area contributed by atoms with Gasteiger partial charge in [-0.25, -0.2) is 4.98 Å². The van der Waals surface area contributed by atoms with Crippen LogP contribution >= 0.6 is 0 Å². The summed E-state index contributed by atoms with van der Waals surface area (Å²) in [4.78, 5) is 4.68. The maximum absolute atomic E-state index is 6.02. The normalized spacial score (nSPS) is 11.2. The molecule has 0 aliphatic heterocycles. The SMILES string of the molecule is Nc1cc2nc3cc(N)c(N)cc3[n+](-c3ccccc3)c2cc1N. The average Bonchev–Trinajstić information content (AvgIpc) is 2.57. The fourth-order valence-corrected chi connectivity index (χ4v) is 2.87. The van der Waals surface area contributed by atoms with Gasteiger partial charge < -0.3 is 22.9 Å². The highest BCUT2D eigenvalue weighted by atomic mass is 15.0. The van der Waals surface area contributed by atoms with Crippen LogP contribution in [0.15, 0.2) is 54.6 Å². The molecule has 0 saturated heterocycles. The van der Waals surface area contributed by atoms with E-state index < -0.39 is 0 Å². The number of rotatable bonds is 1. The zero-order valence-electron chi connectivity index (χ0n) is 12.9. The lowest BCUT2D eigenvalue weighted by molar-refractivity contribution is -0.538. The van der Waals surface area contributed by atoms with Crippen molar-refractivity contribution in [2.75, 3.05) is 22.9 Å². The van der Waals surface area contributed by atoms with Gasteiger partial charge in [-0.3, -0.25) is 0 Å². The van der Waals surface area contributed by atoms with Crippen LogP contribution in [0.2, 0.25) is 0 Å². The zero-order valence-corrected chi connectivity index (χ0v) is 12.9. The lowest BCUT2D eigenvalue weighted by Crippen LogP contribution is -2.33. The molecule has 0 bridgehead atoms. The standard InChI is InChI=1S/C18H16N6/c19-11-6-15-17(8-13(11)21)24(10-4-2-1-3-5-10)18-9-14(22)12(20)7-16(18)23-15/h1-9H,(H7,19,20,21,22,23)/p+1. The van der Waals surface area contributed by atoms with Crippen LogP contribution in [0, 0.1) is 0 Å². The van der Waals surface area contributed by atoms with Crippen LogP contribution < -0.4 is 27.5 Å². The number of nitrogen functional groups attached to an aromatic ring is 4. The number of nitrogens with two attached hydrogens (primary N) is 4. The predicted octanol–water partition coefficient (Wildman–Crippen LogP) is 1.99. The topological polar surface area (TPSA) is 121 Å². The molecule has 1 aromatic heterocycles. The molecule has 0 amide bonds. The van der Waals surface area contributed by atoms with Crippen molar-refractivity contribution in [1.82, 2.24) is 4.98 Å². The van der Waals surface area contributed by atoms with Gasteiger partial charge in [0.2, 0.25) is 16.7 Å². The van der Waals surface area contributed by atoms with Crippen molar-refractivity contribution in [1.29, 1.82) is 0 Å². The fraction of sp³-hybridized carbons (Fsp3) is 0. The number of hydrogen-bond donors (Lipinski definition) is 4. The number of nitrogens with zero attached hydrogens (tertiary/aromatic N) is 2. The van der Waals surface area contributed by atoms with Crippen LogP contribution in [-0.2, 0) is 0 Å². The van der Waals surface area contributed by atoms with E-state index in [1.807, 2.05) is 42.5 Å². The van der Waals surface area contributed by atoms with E-state index >= 15 is 0 Å². The average molecular weight is 317 g/mol. The highest BCUT2D eigenvalue weighted by Crippen LogP contribution is 2.26. The van der Waals surface area contributed by atoms with Gasteiger partial charge in [-0.2, -0.15) is 0 Å². The Bertz CT molecular complexity index is 1020. The highest BCUT2D eigenvalue weighted by molar-refractivity contribution is 5.91. The number of hydrogen-bond acceptors (Lipinski definition) is 5. The molecule has 4 rings (SSSR count). The van der Waals surface area contributed by atoms with E-state index in [9.17, 15) is 0 Å². The number of benzene rings is 3. The minimum absolute atomic E-state index is 0.498. The molecule has 0 fully saturated rings. The summed E-state index contributed by atoms with van der Waals surface area (Å²) in [6.45, 7) is 0. The quantitative estimate of drug-likeness (QED) is 0.243. The molecule has 118 valence electrons. The summed E-state index contributed by atoms with van der Waals surface area (Å²) in [5.41, 5.74) is 30.1. The maximum atomic E-state index is 6.02. The molecular weight excluding hydrogens is 300 g/mol. The van der Waals surface area contributed by atoms with Crippen molar-refractivity contribution < 1.29 is 4.57 Å². The van der Waals surface area contributed by atoms with Crippen LogP contribution in [0.4, 0.5) is 22.7 Å². The first-order chi connectivity index (χ1) is 11.5. The molecule has 0 radical (unpaired) electrons. The Kier molecular flexibility index (Phi) is 2.93. The molecule has 4 aromatic rings. The monoisotopic (exact) mass is 317 g/mol. The second kappa shape index (κ2) is 4.99. The van der Waals surface area contributed by atoms with Crippen LogP contribution in [0.5, 0.6) is 0 Å². The number of aromatic nitrogens is 2. The van der Waals surface area contributed by atoms with Crippen LogP contribution in [-0.4, -0.2) is 4.98 Å². The lowest BCUT2D eigenvalue weighted by atomic mass is 10.1. The molecule has 6 nitrogen and oxygen atoms in total. The maximum Gasteiger partial charge on any atom is 0.239 e. The van der Waals surface area contributed by atoms with E-state index in [4.69, 9.17) is 22.9 Å². The van der Waals surface area contributed by atoms with Crippen molar-refractivity contribution in [2.45, 2.75) is 0 Å². The van der Waals surface area contributed by atoms with E-state index in [0.29, 0.717) is 22.7 Å². The van der Waals surface area contributed by atoms with Crippen molar-refractivity contribution in [3.05, 3.63) is 54.6 Å². The number of para-hydroxylation sites is 1. The van der Waals surface area contributed by atoms with Gasteiger partial charge in [0.25, 0.3) is 0 Å². The van der Waals surface area contributed by atoms with E-state index in [0.717, 1.165) is 27.8 Å². The minimum atomic E-state index is 0.498. The first-order valence-electron chi connectivity index (χ1n) is 7.49. The summed E-state index contributed by atoms with van der Waals surface area (Å²) in [5, 5.41) is 0. The van der Waals surface area contributed by atoms with Gasteiger partial charge in [0.05, 0.1) is 22.7 Å². The van der Waals surface area contributed by atoms with Crippen molar-refractivity contribution >= 4 is 44.8 Å². The van der Waals surface area contributed by atoms with Gasteiger partial charge in [-0.05, 0) is 12.1 Å². The third-order valence-corrected chi connectivity index (χ3v) is 4.10. The molecule has 3 aromatic carbocycles. The predicted molar refractivity (Wildman–Crippen MR) is 98.4 cm³/mol. The molecule has 0 saturated carbocycles. The second-order valence-electron chi connectivity index (χ2n) is 5.72. The molecule has 0 unspecified atom stereocenters. The smallest absolute Gasteiger partial charge is 0.239 e. The Morgan fingerprint density at radius 1 is 0.625 bits per heavy atom. The van der Waals surface area contributed by atoms with Crippen LogP contribution in [0.25, 0.3) is 27.8 Å². The summed E-state index contributed by atoms with van der Waals surface area (Å²) in [6.07, 6.45) is 0. The molecule has 1 heterocycles. The molecule has 0 spiro atoms. The fourth-order valence-electron chi connectivity index (χ4n) is 2.87. The lowest BCUT2D eigenvalue weighted by Gasteiger charge is -2.08. The van der Waals surface area contributed by atoms with Gasteiger partial charge in [-0.1, -0.05) is 18.2 Å². The molecule has 0 aliphatic carbocycles. The summed E-state index contributed by atoms with van der Waals surface area (Å²) in [5.74, 6) is 0. The zero-order chi connectivity index (χ0) is 16.8. The van der Waals surface area contributed by atoms with Crippen molar-refractivity contribution in [2.24, 2.45) is 0 Å². The van der Waals surface area contributed by atoms with Crippen LogP contribution in [0.1, 0.15) is 0 Å². The first-order valence-corrected chi connectivity index (χ1v) is 7.49. The number of fused-ring (bicyclic) bond motifs is 2. The Morgan fingerprint density at radius 3 is 1.58 bits per heavy atom. The number of anilines is 4. The Hall–Kier alpha value is -3.54. The molecular formula is C18H17N6+. The van der Waals surface area contributed by atoms with E-state index in [-0.39, 0.29) is 0 Å². The highest BCUT2D eigenvalue weighted by Gasteiger charge is 2.21. The van der Waals surface area contributed by atoms with Crippen molar-refractivity contribution in [3.8, 4) is 5.69 Å². The second-order valence-corrected chi connectivity index (χ2v) is 5.72. The molecule has 24 heavy (non-hydrogen) atoms. The van der Waals surface area contributed by atoms with E-state index in [1.165, 1.54) is 0 Å². The van der Waals surface area contributed by atoms with E-state index in [2.05, 4.69) is 9.55 Å². The van der Waals surface area contributed by atoms with E-state index in [1.54, 1.807) is 12.1 Å². The summed E-state index contributed by atoms with van der Waals surface area (Å²) in [7, 11) is 0. The summed E-state index contributed by atoms with van der Waals surface area (Å²) in [6, 6.07) is 17.1. The summed E-state index contributed by atoms with van der Waals surface area (Å²) < 4.78 is 2.06. The van der Waals surface area contributed by atoms with Gasteiger partial charge in [-0.15, -0.1) is 4.57 Å². The largest absolute Gasteiger partial charge is 0.397 e. The van der Waals surface area contributed by atoms with Crippen molar-refractivity contribution in [3.63, 3.8) is 0 Å². The molecule has 0 aliphatic rings. The van der Waals surface area contributed by atoms with Gasteiger partial charge in [0.1, 0.15) is 11.0 Å². The Morgan fingerprint density at radius 2 is 1.08 bits per heavy atom. The first kappa shape index (κ1) is 14.1. The third kappa shape index (κ3) is 2.04. The molecule has 6 heteroatoms. The van der Waals surface area contributed by atoms with Gasteiger partial charge >= 0.3 is 0 Å². The van der Waals surface area contributed by atoms with Gasteiger partial charge in [0.15, 0.2) is 0 Å². The Labute approximate surface area is 138 Å². The minimum Gasteiger partial charge on any atom is -0.397 e. The summed E-state index contributed by atoms with van der Waals surface area (Å²) >= 11 is 0. The van der Waals surface area contributed by atoms with Crippen LogP contribution in [0.3, 0.4) is 0 Å². The molecule has 0 atom stereocenters.